The van der Waals surface area contributed by atoms with Gasteiger partial charge < -0.3 is 10.6 Å². The zero-order valence-electron chi connectivity index (χ0n) is 14.9. The quantitative estimate of drug-likeness (QED) is 0.762. The molecule has 0 atom stereocenters. The lowest BCUT2D eigenvalue weighted by molar-refractivity contribution is -0.123. The summed E-state index contributed by atoms with van der Waals surface area (Å²) in [4.78, 5) is 23.9. The number of nitrogens with one attached hydrogen (secondary N) is 2. The van der Waals surface area contributed by atoms with Gasteiger partial charge in [0.05, 0.1) is 0 Å². The summed E-state index contributed by atoms with van der Waals surface area (Å²) in [5, 5.41) is 4.46. The minimum absolute atomic E-state index is 0.0483. The molecule has 27 heavy (non-hydrogen) atoms. The van der Waals surface area contributed by atoms with E-state index in [2.05, 4.69) is 12.2 Å². The van der Waals surface area contributed by atoms with Crippen LogP contribution in [0.15, 0.2) is 48.5 Å². The van der Waals surface area contributed by atoms with E-state index < -0.39 is 18.6 Å². The van der Waals surface area contributed by atoms with E-state index in [9.17, 15) is 22.8 Å². The van der Waals surface area contributed by atoms with E-state index in [4.69, 9.17) is 0 Å². The molecule has 0 saturated carbocycles. The molecule has 0 aliphatic rings. The van der Waals surface area contributed by atoms with Crippen LogP contribution < -0.4 is 10.6 Å². The first kappa shape index (κ1) is 20.5. The first-order valence-corrected chi connectivity index (χ1v) is 8.59. The van der Waals surface area contributed by atoms with Crippen LogP contribution in [0, 0.1) is 0 Å². The lowest BCUT2D eigenvalue weighted by Crippen LogP contribution is -2.33. The van der Waals surface area contributed by atoms with Crippen molar-refractivity contribution in [3.05, 3.63) is 65.2 Å². The fraction of sp³-hybridized carbons (Fsp3) is 0.300. The summed E-state index contributed by atoms with van der Waals surface area (Å²) in [6, 6.07) is 13.8. The van der Waals surface area contributed by atoms with Gasteiger partial charge in [-0.05, 0) is 42.2 Å². The third-order valence-electron chi connectivity index (χ3n) is 3.93. The molecule has 0 bridgehead atoms. The van der Waals surface area contributed by atoms with Crippen molar-refractivity contribution in [2.24, 2.45) is 0 Å². The number of hydrogen-bond acceptors (Lipinski definition) is 2. The van der Waals surface area contributed by atoms with Gasteiger partial charge in [-0.1, -0.05) is 37.3 Å². The predicted molar refractivity (Wildman–Crippen MR) is 97.6 cm³/mol. The Morgan fingerprint density at radius 2 is 1.67 bits per heavy atom. The molecule has 144 valence electrons. The molecule has 2 aromatic carbocycles. The summed E-state index contributed by atoms with van der Waals surface area (Å²) in [5.41, 5.74) is 2.68. The Kier molecular flexibility index (Phi) is 6.98. The average molecular weight is 378 g/mol. The Hall–Kier alpha value is -2.83. The third-order valence-corrected chi connectivity index (χ3v) is 3.93. The summed E-state index contributed by atoms with van der Waals surface area (Å²) in [6.07, 6.45) is -2.69. The standard InChI is InChI=1S/C20H21F3N2O2/c1-2-14-6-8-15(9-7-14)10-11-18(26)25-17-5-3-4-16(12-17)19(27)24-13-20(21,22)23/h3-9,12H,2,10-11,13H2,1H3,(H,24,27)(H,25,26). The third kappa shape index (κ3) is 7.13. The average Bonchev–Trinajstić information content (AvgIpc) is 2.64. The van der Waals surface area contributed by atoms with Crippen molar-refractivity contribution in [1.82, 2.24) is 5.32 Å². The fourth-order valence-electron chi connectivity index (χ4n) is 2.44. The second kappa shape index (κ2) is 9.21. The lowest BCUT2D eigenvalue weighted by Gasteiger charge is -2.10. The number of amides is 2. The monoisotopic (exact) mass is 378 g/mol. The number of hydrogen-bond donors (Lipinski definition) is 2. The Balaban J connectivity index is 1.88. The predicted octanol–water partition coefficient (Wildman–Crippen LogP) is 4.11. The summed E-state index contributed by atoms with van der Waals surface area (Å²) in [7, 11) is 0. The molecule has 0 fully saturated rings. The number of rotatable bonds is 7. The molecule has 0 aliphatic carbocycles. The van der Waals surface area contributed by atoms with Gasteiger partial charge in [-0.15, -0.1) is 0 Å². The number of carbonyl (C=O) groups excluding carboxylic acids is 2. The summed E-state index contributed by atoms with van der Waals surface area (Å²) in [6.45, 7) is 0.666. The van der Waals surface area contributed by atoms with Crippen LogP contribution in [-0.4, -0.2) is 24.5 Å². The number of aryl methyl sites for hydroxylation is 2. The van der Waals surface area contributed by atoms with Crippen LogP contribution in [0.5, 0.6) is 0 Å². The van der Waals surface area contributed by atoms with Gasteiger partial charge in [0, 0.05) is 17.7 Å². The molecule has 0 heterocycles. The van der Waals surface area contributed by atoms with E-state index in [0.717, 1.165) is 12.0 Å². The van der Waals surface area contributed by atoms with Crippen molar-refractivity contribution < 1.29 is 22.8 Å². The van der Waals surface area contributed by atoms with Crippen molar-refractivity contribution in [2.45, 2.75) is 32.4 Å². The molecule has 0 radical (unpaired) electrons. The summed E-state index contributed by atoms with van der Waals surface area (Å²) >= 11 is 0. The maximum absolute atomic E-state index is 12.2. The van der Waals surface area contributed by atoms with Crippen LogP contribution in [0.2, 0.25) is 0 Å². The molecule has 0 saturated heterocycles. The maximum Gasteiger partial charge on any atom is 0.405 e. The highest BCUT2D eigenvalue weighted by Crippen LogP contribution is 2.15. The number of anilines is 1. The summed E-state index contributed by atoms with van der Waals surface area (Å²) < 4.78 is 36.5. The van der Waals surface area contributed by atoms with E-state index in [1.807, 2.05) is 24.3 Å². The molecular weight excluding hydrogens is 357 g/mol. The minimum Gasteiger partial charge on any atom is -0.343 e. The van der Waals surface area contributed by atoms with Crippen LogP contribution >= 0.6 is 0 Å². The number of benzene rings is 2. The van der Waals surface area contributed by atoms with E-state index in [1.165, 1.54) is 23.8 Å². The van der Waals surface area contributed by atoms with Crippen LogP contribution in [0.1, 0.15) is 34.8 Å². The molecule has 4 nitrogen and oxygen atoms in total. The van der Waals surface area contributed by atoms with Gasteiger partial charge in [-0.25, -0.2) is 0 Å². The van der Waals surface area contributed by atoms with Crippen molar-refractivity contribution in [3.8, 4) is 0 Å². The molecule has 0 aliphatic heterocycles. The normalized spacial score (nSPS) is 11.1. The molecule has 0 spiro atoms. The van der Waals surface area contributed by atoms with Gasteiger partial charge in [0.25, 0.3) is 5.91 Å². The van der Waals surface area contributed by atoms with E-state index in [-0.39, 0.29) is 17.9 Å². The first-order valence-electron chi connectivity index (χ1n) is 8.59. The highest BCUT2D eigenvalue weighted by Gasteiger charge is 2.27. The van der Waals surface area contributed by atoms with E-state index in [1.54, 1.807) is 11.4 Å². The van der Waals surface area contributed by atoms with Gasteiger partial charge in [-0.3, -0.25) is 9.59 Å². The fourth-order valence-corrected chi connectivity index (χ4v) is 2.44. The zero-order valence-corrected chi connectivity index (χ0v) is 14.9. The molecule has 2 rings (SSSR count). The van der Waals surface area contributed by atoms with Gasteiger partial charge in [0.15, 0.2) is 0 Å². The maximum atomic E-state index is 12.2. The molecule has 7 heteroatoms. The Morgan fingerprint density at radius 3 is 2.30 bits per heavy atom. The SMILES string of the molecule is CCc1ccc(CCC(=O)Nc2cccc(C(=O)NCC(F)(F)F)c2)cc1. The Labute approximate surface area is 155 Å². The largest absolute Gasteiger partial charge is 0.405 e. The Bertz CT molecular complexity index is 787. The zero-order chi connectivity index (χ0) is 19.9. The molecule has 2 N–H and O–H groups in total. The molecule has 0 aromatic heterocycles. The van der Waals surface area contributed by atoms with Crippen LogP contribution in [0.25, 0.3) is 0 Å². The second-order valence-corrected chi connectivity index (χ2v) is 6.10. The molecule has 0 unspecified atom stereocenters. The number of alkyl halides is 3. The van der Waals surface area contributed by atoms with Crippen molar-refractivity contribution in [2.75, 3.05) is 11.9 Å². The molecule has 2 amide bonds. The van der Waals surface area contributed by atoms with Crippen LogP contribution in [0.3, 0.4) is 0 Å². The first-order chi connectivity index (χ1) is 12.8. The van der Waals surface area contributed by atoms with E-state index >= 15 is 0 Å². The smallest absolute Gasteiger partial charge is 0.343 e. The van der Waals surface area contributed by atoms with Crippen LogP contribution in [-0.2, 0) is 17.6 Å². The van der Waals surface area contributed by atoms with Crippen molar-refractivity contribution in [3.63, 3.8) is 0 Å². The van der Waals surface area contributed by atoms with Gasteiger partial charge in [0.1, 0.15) is 6.54 Å². The number of halogens is 3. The Morgan fingerprint density at radius 1 is 1.00 bits per heavy atom. The topological polar surface area (TPSA) is 58.2 Å². The minimum atomic E-state index is -4.48. The number of carbonyl (C=O) groups is 2. The summed E-state index contributed by atoms with van der Waals surface area (Å²) in [5.74, 6) is -1.08. The van der Waals surface area contributed by atoms with E-state index in [0.29, 0.717) is 12.1 Å². The van der Waals surface area contributed by atoms with Gasteiger partial charge >= 0.3 is 6.18 Å². The van der Waals surface area contributed by atoms with Crippen molar-refractivity contribution in [1.29, 1.82) is 0 Å². The lowest BCUT2D eigenvalue weighted by atomic mass is 10.1. The highest BCUT2D eigenvalue weighted by atomic mass is 19.4. The highest BCUT2D eigenvalue weighted by molar-refractivity contribution is 5.97. The van der Waals surface area contributed by atoms with Gasteiger partial charge in [-0.2, -0.15) is 13.2 Å². The van der Waals surface area contributed by atoms with Crippen molar-refractivity contribution >= 4 is 17.5 Å². The second-order valence-electron chi connectivity index (χ2n) is 6.10. The van der Waals surface area contributed by atoms with Gasteiger partial charge in [0.2, 0.25) is 5.91 Å². The molecule has 2 aromatic rings. The van der Waals surface area contributed by atoms with Crippen LogP contribution in [0.4, 0.5) is 18.9 Å². The molecular formula is C20H21F3N2O2.